The van der Waals surface area contributed by atoms with E-state index in [0.717, 1.165) is 0 Å². The predicted octanol–water partition coefficient (Wildman–Crippen LogP) is 6.03. The Balaban J connectivity index is 1.77. The summed E-state index contributed by atoms with van der Waals surface area (Å²) in [5, 5.41) is 3.40. The van der Waals surface area contributed by atoms with Crippen LogP contribution in [0, 0.1) is 0 Å². The van der Waals surface area contributed by atoms with E-state index in [1.807, 2.05) is 19.2 Å². The van der Waals surface area contributed by atoms with Crippen molar-refractivity contribution < 1.29 is 0 Å². The maximum atomic E-state index is 5.98. The van der Waals surface area contributed by atoms with E-state index in [1.54, 1.807) is 0 Å². The zero-order chi connectivity index (χ0) is 18.2. The third-order valence-electron chi connectivity index (χ3n) is 5.25. The quantitative estimate of drug-likeness (QED) is 0.249. The van der Waals surface area contributed by atoms with Gasteiger partial charge >= 0.3 is 0 Å². The maximum absolute atomic E-state index is 5.98. The lowest BCUT2D eigenvalue weighted by Gasteiger charge is -2.28. The fourth-order valence-electron chi connectivity index (χ4n) is 3.65. The van der Waals surface area contributed by atoms with Crippen LogP contribution in [-0.4, -0.2) is 17.2 Å². The average molecular weight is 350 g/mol. The van der Waals surface area contributed by atoms with E-state index in [2.05, 4.69) is 23.0 Å². The first-order valence-corrected chi connectivity index (χ1v) is 10.8. The van der Waals surface area contributed by atoms with Crippen molar-refractivity contribution in [2.45, 2.75) is 116 Å². The second-order valence-corrected chi connectivity index (χ2v) is 7.65. The van der Waals surface area contributed by atoms with Gasteiger partial charge in [-0.05, 0) is 32.6 Å². The summed E-state index contributed by atoms with van der Waals surface area (Å²) in [5.41, 5.74) is 5.98. The lowest BCUT2D eigenvalue weighted by Crippen LogP contribution is -2.44. The highest BCUT2D eigenvalue weighted by Gasteiger charge is 2.20. The van der Waals surface area contributed by atoms with E-state index >= 15 is 0 Å². The van der Waals surface area contributed by atoms with Gasteiger partial charge in [0.2, 0.25) is 0 Å². The first-order valence-electron chi connectivity index (χ1n) is 10.8. The van der Waals surface area contributed by atoms with Crippen molar-refractivity contribution in [2.75, 3.05) is 0 Å². The molecule has 2 atom stereocenters. The van der Waals surface area contributed by atoms with Gasteiger partial charge in [-0.2, -0.15) is 0 Å². The molecule has 3 N–H and O–H groups in total. The molecule has 3 heteroatoms. The van der Waals surface area contributed by atoms with Crippen LogP contribution in [0.2, 0.25) is 0 Å². The monoisotopic (exact) mass is 349 g/mol. The minimum Gasteiger partial charge on any atom is -0.370 e. The SMILES string of the molecule is C=CCCCCCCCCCCCCCCCC1NC=CN1C(C)N. The van der Waals surface area contributed by atoms with Crippen molar-refractivity contribution in [1.82, 2.24) is 10.2 Å². The molecule has 1 aliphatic rings. The van der Waals surface area contributed by atoms with Gasteiger partial charge in [-0.15, -0.1) is 6.58 Å². The summed E-state index contributed by atoms with van der Waals surface area (Å²) in [4.78, 5) is 2.22. The molecule has 0 amide bonds. The van der Waals surface area contributed by atoms with Gasteiger partial charge in [-0.3, -0.25) is 0 Å². The van der Waals surface area contributed by atoms with Crippen LogP contribution in [0.15, 0.2) is 25.1 Å². The van der Waals surface area contributed by atoms with Gasteiger partial charge in [-0.1, -0.05) is 76.7 Å². The van der Waals surface area contributed by atoms with Crippen LogP contribution >= 0.6 is 0 Å². The number of nitrogens with one attached hydrogen (secondary N) is 1. The molecule has 0 bridgehead atoms. The van der Waals surface area contributed by atoms with Crippen LogP contribution in [-0.2, 0) is 0 Å². The van der Waals surface area contributed by atoms with Crippen molar-refractivity contribution in [2.24, 2.45) is 5.73 Å². The van der Waals surface area contributed by atoms with Crippen molar-refractivity contribution in [3.05, 3.63) is 25.1 Å². The Morgan fingerprint density at radius 2 is 1.40 bits per heavy atom. The van der Waals surface area contributed by atoms with Crippen LogP contribution in [0.5, 0.6) is 0 Å². The number of rotatable bonds is 17. The molecule has 0 saturated heterocycles. The fourth-order valence-corrected chi connectivity index (χ4v) is 3.65. The zero-order valence-corrected chi connectivity index (χ0v) is 16.7. The minimum absolute atomic E-state index is 0.100. The number of hydrogen-bond donors (Lipinski definition) is 2. The second kappa shape index (κ2) is 15.3. The van der Waals surface area contributed by atoms with Crippen LogP contribution in [0.25, 0.3) is 0 Å². The van der Waals surface area contributed by atoms with E-state index in [-0.39, 0.29) is 6.17 Å². The lowest BCUT2D eigenvalue weighted by atomic mass is 10.0. The van der Waals surface area contributed by atoms with Gasteiger partial charge in [0.15, 0.2) is 0 Å². The largest absolute Gasteiger partial charge is 0.370 e. The van der Waals surface area contributed by atoms with Crippen molar-refractivity contribution in [3.63, 3.8) is 0 Å². The molecule has 0 saturated carbocycles. The van der Waals surface area contributed by atoms with Gasteiger partial charge in [0.05, 0.1) is 12.3 Å². The smallest absolute Gasteiger partial charge is 0.0995 e. The molecule has 25 heavy (non-hydrogen) atoms. The molecule has 146 valence electrons. The summed E-state index contributed by atoms with van der Waals surface area (Å²) in [6, 6.07) is 0. The van der Waals surface area contributed by atoms with Crippen LogP contribution in [0.1, 0.15) is 103 Å². The lowest BCUT2D eigenvalue weighted by molar-refractivity contribution is 0.208. The van der Waals surface area contributed by atoms with Crippen molar-refractivity contribution >= 4 is 0 Å². The molecule has 0 aromatic carbocycles. The van der Waals surface area contributed by atoms with E-state index in [4.69, 9.17) is 5.73 Å². The Morgan fingerprint density at radius 1 is 0.920 bits per heavy atom. The number of nitrogens with two attached hydrogens (primary N) is 1. The first-order chi connectivity index (χ1) is 12.3. The van der Waals surface area contributed by atoms with Crippen molar-refractivity contribution in [1.29, 1.82) is 0 Å². The molecule has 3 nitrogen and oxygen atoms in total. The molecular formula is C22H43N3. The number of nitrogens with zero attached hydrogens (tertiary/aromatic N) is 1. The summed E-state index contributed by atoms with van der Waals surface area (Å²) >= 11 is 0. The molecule has 0 fully saturated rings. The highest BCUT2D eigenvalue weighted by atomic mass is 15.3. The summed E-state index contributed by atoms with van der Waals surface area (Å²) in [7, 11) is 0. The van der Waals surface area contributed by atoms with Gasteiger partial charge < -0.3 is 16.0 Å². The Bertz CT molecular complexity index is 338. The fraction of sp³-hybridized carbons (Fsp3) is 0.818. The highest BCUT2D eigenvalue weighted by Crippen LogP contribution is 2.16. The van der Waals surface area contributed by atoms with Gasteiger partial charge in [0, 0.05) is 12.4 Å². The summed E-state index contributed by atoms with van der Waals surface area (Å²) in [5.74, 6) is 0. The topological polar surface area (TPSA) is 41.3 Å². The van der Waals surface area contributed by atoms with E-state index < -0.39 is 0 Å². The second-order valence-electron chi connectivity index (χ2n) is 7.65. The van der Waals surface area contributed by atoms with E-state index in [9.17, 15) is 0 Å². The highest BCUT2D eigenvalue weighted by molar-refractivity contribution is 4.95. The molecule has 0 spiro atoms. The molecular weight excluding hydrogens is 306 g/mol. The Hall–Kier alpha value is -0.960. The summed E-state index contributed by atoms with van der Waals surface area (Å²) in [6.45, 7) is 5.82. The summed E-state index contributed by atoms with van der Waals surface area (Å²) < 4.78 is 0. The van der Waals surface area contributed by atoms with Gasteiger partial charge in [0.25, 0.3) is 0 Å². The molecule has 2 unspecified atom stereocenters. The molecule has 0 radical (unpaired) electrons. The molecule has 0 aliphatic carbocycles. The zero-order valence-electron chi connectivity index (χ0n) is 16.7. The molecule has 1 aliphatic heterocycles. The summed E-state index contributed by atoms with van der Waals surface area (Å²) in [6.07, 6.45) is 27.2. The molecule has 0 aromatic rings. The first kappa shape index (κ1) is 22.1. The van der Waals surface area contributed by atoms with Crippen molar-refractivity contribution in [3.8, 4) is 0 Å². The maximum Gasteiger partial charge on any atom is 0.0995 e. The normalized spacial score (nSPS) is 17.7. The van der Waals surface area contributed by atoms with Crippen LogP contribution in [0.3, 0.4) is 0 Å². The standard InChI is InChI=1S/C22H43N3/c1-3-4-5-6-7-8-9-10-11-12-13-14-15-16-17-18-22-24-19-20-25(22)21(2)23/h3,19-22,24H,1,4-18,23H2,2H3. The third-order valence-corrected chi connectivity index (χ3v) is 5.25. The molecule has 1 heterocycles. The Kier molecular flexibility index (Phi) is 13.5. The predicted molar refractivity (Wildman–Crippen MR) is 111 cm³/mol. The average Bonchev–Trinajstić information content (AvgIpc) is 3.07. The Morgan fingerprint density at radius 3 is 1.88 bits per heavy atom. The van der Waals surface area contributed by atoms with Crippen LogP contribution < -0.4 is 11.1 Å². The molecule has 0 aromatic heterocycles. The Labute approximate surface area is 157 Å². The van der Waals surface area contributed by atoms with E-state index in [1.165, 1.54) is 96.3 Å². The molecule has 1 rings (SSSR count). The van der Waals surface area contributed by atoms with Gasteiger partial charge in [0.1, 0.15) is 0 Å². The van der Waals surface area contributed by atoms with Gasteiger partial charge in [-0.25, -0.2) is 0 Å². The van der Waals surface area contributed by atoms with Crippen LogP contribution in [0.4, 0.5) is 0 Å². The number of allylic oxidation sites excluding steroid dienone is 1. The minimum atomic E-state index is 0.100. The van der Waals surface area contributed by atoms with E-state index in [0.29, 0.717) is 6.17 Å². The number of hydrogen-bond acceptors (Lipinski definition) is 3. The number of unbranched alkanes of at least 4 members (excludes halogenated alkanes) is 13. The third kappa shape index (κ3) is 11.3.